The molecular formula is C13H18ClNO3S. The molecule has 0 aliphatic carbocycles. The molecule has 1 fully saturated rings. The SMILES string of the molecule is COc1cc(Cl)c(C)cc1NC1CCS(=O)(=O)CC1. The second-order valence-corrected chi connectivity index (χ2v) is 7.58. The van der Waals surface area contributed by atoms with E-state index in [9.17, 15) is 8.42 Å². The van der Waals surface area contributed by atoms with Crippen LogP contribution in [-0.4, -0.2) is 33.1 Å². The van der Waals surface area contributed by atoms with Crippen molar-refractivity contribution >= 4 is 27.1 Å². The third kappa shape index (κ3) is 3.54. The van der Waals surface area contributed by atoms with E-state index in [-0.39, 0.29) is 17.5 Å². The zero-order valence-corrected chi connectivity index (χ0v) is 12.6. The molecule has 1 aliphatic rings. The first-order chi connectivity index (χ1) is 8.91. The molecule has 1 aromatic rings. The van der Waals surface area contributed by atoms with Gasteiger partial charge in [-0.2, -0.15) is 0 Å². The Labute approximate surface area is 119 Å². The van der Waals surface area contributed by atoms with Crippen molar-refractivity contribution in [2.24, 2.45) is 0 Å². The molecule has 0 bridgehead atoms. The maximum absolute atomic E-state index is 11.4. The predicted molar refractivity (Wildman–Crippen MR) is 78.0 cm³/mol. The lowest BCUT2D eigenvalue weighted by Crippen LogP contribution is -2.32. The first-order valence-corrected chi connectivity index (χ1v) is 8.42. The molecule has 1 aromatic carbocycles. The summed E-state index contributed by atoms with van der Waals surface area (Å²) >= 11 is 6.06. The van der Waals surface area contributed by atoms with Crippen LogP contribution in [0.2, 0.25) is 5.02 Å². The fourth-order valence-electron chi connectivity index (χ4n) is 2.20. The van der Waals surface area contributed by atoms with Crippen molar-refractivity contribution in [3.05, 3.63) is 22.7 Å². The lowest BCUT2D eigenvalue weighted by molar-refractivity contribution is 0.415. The summed E-state index contributed by atoms with van der Waals surface area (Å²) in [5.74, 6) is 1.18. The van der Waals surface area contributed by atoms with Gasteiger partial charge < -0.3 is 10.1 Å². The van der Waals surface area contributed by atoms with Gasteiger partial charge in [-0.05, 0) is 31.4 Å². The van der Waals surface area contributed by atoms with Crippen molar-refractivity contribution in [2.45, 2.75) is 25.8 Å². The van der Waals surface area contributed by atoms with Gasteiger partial charge in [-0.15, -0.1) is 0 Å². The Kier molecular flexibility index (Phi) is 4.26. The summed E-state index contributed by atoms with van der Waals surface area (Å²) in [6, 6.07) is 3.88. The minimum absolute atomic E-state index is 0.165. The highest BCUT2D eigenvalue weighted by Crippen LogP contribution is 2.32. The van der Waals surface area contributed by atoms with Gasteiger partial charge >= 0.3 is 0 Å². The number of ether oxygens (including phenoxy) is 1. The summed E-state index contributed by atoms with van der Waals surface area (Å²) in [5, 5.41) is 4.02. The van der Waals surface area contributed by atoms with E-state index in [1.54, 1.807) is 13.2 Å². The molecule has 106 valence electrons. The summed E-state index contributed by atoms with van der Waals surface area (Å²) in [6.07, 6.45) is 1.26. The first-order valence-electron chi connectivity index (χ1n) is 6.22. The van der Waals surface area contributed by atoms with Crippen molar-refractivity contribution in [3.8, 4) is 5.75 Å². The lowest BCUT2D eigenvalue weighted by Gasteiger charge is -2.25. The second-order valence-electron chi connectivity index (χ2n) is 4.87. The maximum atomic E-state index is 11.4. The molecule has 0 unspecified atom stereocenters. The third-order valence-electron chi connectivity index (χ3n) is 3.40. The first kappa shape index (κ1) is 14.5. The number of aryl methyl sites for hydroxylation is 1. The monoisotopic (exact) mass is 303 g/mol. The van der Waals surface area contributed by atoms with Crippen LogP contribution in [0.5, 0.6) is 5.75 Å². The Bertz CT molecular complexity index is 557. The number of sulfone groups is 1. The van der Waals surface area contributed by atoms with Crippen molar-refractivity contribution in [1.82, 2.24) is 0 Å². The van der Waals surface area contributed by atoms with Crippen molar-refractivity contribution < 1.29 is 13.2 Å². The molecule has 0 radical (unpaired) electrons. The minimum atomic E-state index is -2.83. The lowest BCUT2D eigenvalue weighted by atomic mass is 10.1. The molecule has 6 heteroatoms. The summed E-state index contributed by atoms with van der Waals surface area (Å²) in [5.41, 5.74) is 1.84. The molecular weight excluding hydrogens is 286 g/mol. The van der Waals surface area contributed by atoms with Crippen LogP contribution in [-0.2, 0) is 9.84 Å². The average molecular weight is 304 g/mol. The van der Waals surface area contributed by atoms with Crippen LogP contribution >= 0.6 is 11.6 Å². The Hall–Kier alpha value is -0.940. The normalized spacial score (nSPS) is 19.1. The van der Waals surface area contributed by atoms with Crippen molar-refractivity contribution in [1.29, 1.82) is 0 Å². The van der Waals surface area contributed by atoms with Crippen LogP contribution in [0.1, 0.15) is 18.4 Å². The number of methoxy groups -OCH3 is 1. The van der Waals surface area contributed by atoms with Gasteiger partial charge in [0.25, 0.3) is 0 Å². The highest BCUT2D eigenvalue weighted by Gasteiger charge is 2.24. The van der Waals surface area contributed by atoms with Crippen LogP contribution in [0.25, 0.3) is 0 Å². The summed E-state index contributed by atoms with van der Waals surface area (Å²) < 4.78 is 28.1. The summed E-state index contributed by atoms with van der Waals surface area (Å²) in [4.78, 5) is 0. The number of halogens is 1. The molecule has 1 heterocycles. The Morgan fingerprint density at radius 1 is 1.32 bits per heavy atom. The third-order valence-corrected chi connectivity index (χ3v) is 5.52. The van der Waals surface area contributed by atoms with E-state index >= 15 is 0 Å². The van der Waals surface area contributed by atoms with Gasteiger partial charge in [0.05, 0.1) is 24.3 Å². The molecule has 0 amide bonds. The van der Waals surface area contributed by atoms with E-state index < -0.39 is 9.84 Å². The molecule has 4 nitrogen and oxygen atoms in total. The van der Waals surface area contributed by atoms with Gasteiger partial charge in [-0.1, -0.05) is 11.6 Å². The number of benzene rings is 1. The van der Waals surface area contributed by atoms with Gasteiger partial charge in [0.15, 0.2) is 0 Å². The topological polar surface area (TPSA) is 55.4 Å². The molecule has 1 saturated heterocycles. The van der Waals surface area contributed by atoms with E-state index in [0.29, 0.717) is 23.6 Å². The standard InChI is InChI=1S/C13H18ClNO3S/c1-9-7-12(13(18-2)8-11(9)14)15-10-3-5-19(16,17)6-4-10/h7-8,10,15H,3-6H2,1-2H3. The smallest absolute Gasteiger partial charge is 0.150 e. The second kappa shape index (κ2) is 5.59. The Balaban J connectivity index is 2.13. The molecule has 1 N–H and O–H groups in total. The summed E-state index contributed by atoms with van der Waals surface area (Å²) in [7, 11) is -1.24. The van der Waals surface area contributed by atoms with Crippen molar-refractivity contribution in [2.75, 3.05) is 23.9 Å². The number of nitrogens with one attached hydrogen (secondary N) is 1. The van der Waals surface area contributed by atoms with E-state index in [1.165, 1.54) is 0 Å². The van der Waals surface area contributed by atoms with Crippen LogP contribution in [0.4, 0.5) is 5.69 Å². The quantitative estimate of drug-likeness (QED) is 0.932. The Morgan fingerprint density at radius 3 is 2.53 bits per heavy atom. The van der Waals surface area contributed by atoms with Crippen molar-refractivity contribution in [3.63, 3.8) is 0 Å². The largest absolute Gasteiger partial charge is 0.495 e. The van der Waals surface area contributed by atoms with Crippen LogP contribution in [0, 0.1) is 6.92 Å². The molecule has 0 saturated carbocycles. The fourth-order valence-corrected chi connectivity index (χ4v) is 3.84. The van der Waals surface area contributed by atoms with Crippen LogP contribution in [0.3, 0.4) is 0 Å². The molecule has 0 aromatic heterocycles. The molecule has 2 rings (SSSR count). The van der Waals surface area contributed by atoms with Gasteiger partial charge in [0, 0.05) is 17.1 Å². The van der Waals surface area contributed by atoms with Gasteiger partial charge in [-0.25, -0.2) is 8.42 Å². The number of hydrogen-bond donors (Lipinski definition) is 1. The van der Waals surface area contributed by atoms with Gasteiger partial charge in [0.2, 0.25) is 0 Å². The fraction of sp³-hybridized carbons (Fsp3) is 0.538. The highest BCUT2D eigenvalue weighted by atomic mass is 35.5. The number of rotatable bonds is 3. The molecule has 1 aliphatic heterocycles. The number of hydrogen-bond acceptors (Lipinski definition) is 4. The molecule has 0 spiro atoms. The van der Waals surface area contributed by atoms with Crippen LogP contribution in [0.15, 0.2) is 12.1 Å². The van der Waals surface area contributed by atoms with E-state index in [4.69, 9.17) is 16.3 Å². The Morgan fingerprint density at radius 2 is 1.95 bits per heavy atom. The predicted octanol–water partition coefficient (Wildman–Crippen LogP) is 2.65. The van der Waals surface area contributed by atoms with E-state index in [1.807, 2.05) is 13.0 Å². The van der Waals surface area contributed by atoms with E-state index in [2.05, 4.69) is 5.32 Å². The van der Waals surface area contributed by atoms with E-state index in [0.717, 1.165) is 11.3 Å². The van der Waals surface area contributed by atoms with Crippen LogP contribution < -0.4 is 10.1 Å². The molecule has 0 atom stereocenters. The van der Waals surface area contributed by atoms with Gasteiger partial charge in [-0.3, -0.25) is 0 Å². The number of anilines is 1. The van der Waals surface area contributed by atoms with Gasteiger partial charge in [0.1, 0.15) is 15.6 Å². The molecule has 19 heavy (non-hydrogen) atoms. The maximum Gasteiger partial charge on any atom is 0.150 e. The zero-order valence-electron chi connectivity index (χ0n) is 11.1. The summed E-state index contributed by atoms with van der Waals surface area (Å²) in [6.45, 7) is 1.93. The minimum Gasteiger partial charge on any atom is -0.495 e. The average Bonchev–Trinajstić information content (AvgIpc) is 2.36. The zero-order chi connectivity index (χ0) is 14.0. The highest BCUT2D eigenvalue weighted by molar-refractivity contribution is 7.91.